The standard InChI is InChI=1S/C20H30ClN3O3S/c1-5-15(4)24-19(25)18(14(2)3)22-20(24)10-12-23(13-11-20)28(26,27)17-8-6-16(21)7-9-17/h6-9,14-15,18,22H,5,10-13H2,1-4H3/t15-,18+/m1/s1. The number of carbonyl (C=O) groups excluding carboxylic acids is 1. The third-order valence-corrected chi connectivity index (χ3v) is 8.25. The Morgan fingerprint density at radius 2 is 1.75 bits per heavy atom. The number of carbonyl (C=O) groups is 1. The number of piperidine rings is 1. The smallest absolute Gasteiger partial charge is 0.243 e. The van der Waals surface area contributed by atoms with Gasteiger partial charge in [-0.25, -0.2) is 8.42 Å². The van der Waals surface area contributed by atoms with Crippen molar-refractivity contribution < 1.29 is 13.2 Å². The second kappa shape index (κ2) is 7.94. The third kappa shape index (κ3) is 3.70. The number of benzene rings is 1. The van der Waals surface area contributed by atoms with Gasteiger partial charge in [0.1, 0.15) is 0 Å². The maximum absolute atomic E-state index is 13.1. The van der Waals surface area contributed by atoms with Crippen molar-refractivity contribution in [2.75, 3.05) is 13.1 Å². The van der Waals surface area contributed by atoms with E-state index in [4.69, 9.17) is 11.6 Å². The third-order valence-electron chi connectivity index (χ3n) is 6.09. The Morgan fingerprint density at radius 1 is 1.18 bits per heavy atom. The van der Waals surface area contributed by atoms with E-state index in [2.05, 4.69) is 19.2 Å². The predicted molar refractivity (Wildman–Crippen MR) is 111 cm³/mol. The maximum Gasteiger partial charge on any atom is 0.243 e. The maximum atomic E-state index is 13.1. The zero-order chi connectivity index (χ0) is 20.7. The topological polar surface area (TPSA) is 69.7 Å². The molecule has 1 aromatic carbocycles. The van der Waals surface area contributed by atoms with Crippen LogP contribution in [0.25, 0.3) is 0 Å². The number of halogens is 1. The fourth-order valence-electron chi connectivity index (χ4n) is 4.29. The van der Waals surface area contributed by atoms with E-state index in [0.29, 0.717) is 31.0 Å². The zero-order valence-corrected chi connectivity index (χ0v) is 18.6. The van der Waals surface area contributed by atoms with Gasteiger partial charge in [-0.15, -0.1) is 0 Å². The van der Waals surface area contributed by atoms with Crippen LogP contribution in [0, 0.1) is 5.92 Å². The predicted octanol–water partition coefficient (Wildman–Crippen LogP) is 3.08. The highest BCUT2D eigenvalue weighted by molar-refractivity contribution is 7.89. The molecule has 6 nitrogen and oxygen atoms in total. The molecule has 0 aliphatic carbocycles. The van der Waals surface area contributed by atoms with Crippen LogP contribution in [-0.4, -0.2) is 54.4 Å². The van der Waals surface area contributed by atoms with Crippen LogP contribution in [0.1, 0.15) is 47.0 Å². The minimum atomic E-state index is -3.57. The molecule has 156 valence electrons. The minimum Gasteiger partial charge on any atom is -0.320 e. The van der Waals surface area contributed by atoms with Crippen LogP contribution in [0.3, 0.4) is 0 Å². The summed E-state index contributed by atoms with van der Waals surface area (Å²) in [5.41, 5.74) is -0.465. The normalized spacial score (nSPS) is 24.3. The van der Waals surface area contributed by atoms with Crippen LogP contribution in [-0.2, 0) is 14.8 Å². The molecule has 1 aromatic rings. The van der Waals surface area contributed by atoms with E-state index in [0.717, 1.165) is 6.42 Å². The molecule has 8 heteroatoms. The molecule has 0 bridgehead atoms. The molecular weight excluding hydrogens is 398 g/mol. The molecule has 28 heavy (non-hydrogen) atoms. The fourth-order valence-corrected chi connectivity index (χ4v) is 5.86. The fraction of sp³-hybridized carbons (Fsp3) is 0.650. The molecule has 0 saturated carbocycles. The van der Waals surface area contributed by atoms with Gasteiger partial charge in [0, 0.05) is 24.2 Å². The first-order chi connectivity index (χ1) is 13.1. The second-order valence-corrected chi connectivity index (χ2v) is 10.6. The quantitative estimate of drug-likeness (QED) is 0.783. The van der Waals surface area contributed by atoms with Gasteiger partial charge in [0.05, 0.1) is 16.6 Å². The van der Waals surface area contributed by atoms with Crippen molar-refractivity contribution in [2.24, 2.45) is 5.92 Å². The van der Waals surface area contributed by atoms with Gasteiger partial charge in [-0.2, -0.15) is 4.31 Å². The highest BCUT2D eigenvalue weighted by atomic mass is 35.5. The van der Waals surface area contributed by atoms with Gasteiger partial charge in [-0.05, 0) is 56.4 Å². The summed E-state index contributed by atoms with van der Waals surface area (Å²) >= 11 is 5.89. The Balaban J connectivity index is 1.82. The van der Waals surface area contributed by atoms with E-state index in [1.807, 2.05) is 18.7 Å². The van der Waals surface area contributed by atoms with Crippen LogP contribution < -0.4 is 5.32 Å². The Labute approximate surface area is 173 Å². The van der Waals surface area contributed by atoms with Gasteiger partial charge in [-0.3, -0.25) is 10.1 Å². The number of sulfonamides is 1. The van der Waals surface area contributed by atoms with Crippen LogP contribution in [0.2, 0.25) is 5.02 Å². The van der Waals surface area contributed by atoms with E-state index in [9.17, 15) is 13.2 Å². The van der Waals surface area contributed by atoms with E-state index < -0.39 is 15.7 Å². The Bertz CT molecular complexity index is 818. The number of nitrogens with zero attached hydrogens (tertiary/aromatic N) is 2. The number of hydrogen-bond donors (Lipinski definition) is 1. The lowest BCUT2D eigenvalue weighted by Crippen LogP contribution is -2.61. The summed E-state index contributed by atoms with van der Waals surface area (Å²) in [4.78, 5) is 15.3. The van der Waals surface area contributed by atoms with Crippen molar-refractivity contribution in [3.05, 3.63) is 29.3 Å². The van der Waals surface area contributed by atoms with Gasteiger partial charge in [-0.1, -0.05) is 32.4 Å². The van der Waals surface area contributed by atoms with Crippen molar-refractivity contribution in [2.45, 2.75) is 69.6 Å². The first-order valence-corrected chi connectivity index (χ1v) is 11.8. The monoisotopic (exact) mass is 427 g/mol. The molecule has 2 aliphatic rings. The van der Waals surface area contributed by atoms with Crippen LogP contribution >= 0.6 is 11.6 Å². The van der Waals surface area contributed by atoms with Crippen molar-refractivity contribution in [1.29, 1.82) is 0 Å². The molecule has 2 atom stereocenters. The van der Waals surface area contributed by atoms with Crippen LogP contribution in [0.4, 0.5) is 0 Å². The summed E-state index contributed by atoms with van der Waals surface area (Å²) in [6.07, 6.45) is 2.03. The lowest BCUT2D eigenvalue weighted by molar-refractivity contribution is -0.136. The molecule has 0 unspecified atom stereocenters. The number of amides is 1. The molecule has 2 fully saturated rings. The second-order valence-electron chi connectivity index (χ2n) is 8.22. The van der Waals surface area contributed by atoms with E-state index >= 15 is 0 Å². The zero-order valence-electron chi connectivity index (χ0n) is 17.0. The number of nitrogens with one attached hydrogen (secondary N) is 1. The number of rotatable bonds is 5. The highest BCUT2D eigenvalue weighted by Crippen LogP contribution is 2.37. The highest BCUT2D eigenvalue weighted by Gasteiger charge is 2.54. The SMILES string of the molecule is CC[C@@H](C)N1C(=O)[C@H](C(C)C)NC12CCN(S(=O)(=O)c1ccc(Cl)cc1)CC2. The van der Waals surface area contributed by atoms with Crippen molar-refractivity contribution in [3.63, 3.8) is 0 Å². The minimum absolute atomic E-state index is 0.114. The average molecular weight is 428 g/mol. The molecule has 0 aromatic heterocycles. The molecule has 2 aliphatic heterocycles. The molecule has 1 spiro atoms. The lowest BCUT2D eigenvalue weighted by Gasteiger charge is -2.46. The van der Waals surface area contributed by atoms with E-state index in [1.165, 1.54) is 4.31 Å². The first-order valence-electron chi connectivity index (χ1n) is 9.99. The summed E-state index contributed by atoms with van der Waals surface area (Å²) < 4.78 is 27.5. The summed E-state index contributed by atoms with van der Waals surface area (Å²) in [7, 11) is -3.57. The first kappa shape index (κ1) is 21.6. The van der Waals surface area contributed by atoms with Gasteiger partial charge in [0.25, 0.3) is 0 Å². The van der Waals surface area contributed by atoms with Gasteiger partial charge in [0.15, 0.2) is 0 Å². The van der Waals surface area contributed by atoms with Crippen LogP contribution in [0.5, 0.6) is 0 Å². The molecule has 1 amide bonds. The molecule has 2 saturated heterocycles. The van der Waals surface area contributed by atoms with Crippen LogP contribution in [0.15, 0.2) is 29.2 Å². The Hall–Kier alpha value is -1.15. The van der Waals surface area contributed by atoms with Crippen molar-refractivity contribution in [1.82, 2.24) is 14.5 Å². The summed E-state index contributed by atoms with van der Waals surface area (Å²) in [6.45, 7) is 8.99. The van der Waals surface area contributed by atoms with Gasteiger partial charge in [0.2, 0.25) is 15.9 Å². The molecule has 2 heterocycles. The van der Waals surface area contributed by atoms with E-state index in [-0.39, 0.29) is 28.8 Å². The largest absolute Gasteiger partial charge is 0.320 e. The summed E-state index contributed by atoms with van der Waals surface area (Å²) in [5.74, 6) is 0.326. The molecular formula is C20H30ClN3O3S. The average Bonchev–Trinajstić information content (AvgIpc) is 2.94. The Morgan fingerprint density at radius 3 is 2.25 bits per heavy atom. The van der Waals surface area contributed by atoms with Crippen molar-refractivity contribution in [3.8, 4) is 0 Å². The molecule has 3 rings (SSSR count). The van der Waals surface area contributed by atoms with Gasteiger partial charge >= 0.3 is 0 Å². The summed E-state index contributed by atoms with van der Waals surface area (Å²) in [6, 6.07) is 6.17. The van der Waals surface area contributed by atoms with Crippen molar-refractivity contribution >= 4 is 27.5 Å². The lowest BCUT2D eigenvalue weighted by atomic mass is 9.95. The molecule has 0 radical (unpaired) electrons. The molecule has 1 N–H and O–H groups in total. The number of hydrogen-bond acceptors (Lipinski definition) is 4. The van der Waals surface area contributed by atoms with Gasteiger partial charge < -0.3 is 4.90 Å². The summed E-state index contributed by atoms with van der Waals surface area (Å²) in [5, 5.41) is 4.09. The van der Waals surface area contributed by atoms with E-state index in [1.54, 1.807) is 24.3 Å². The Kier molecular flexibility index (Phi) is 6.11.